The molecule has 0 aliphatic carbocycles. The van der Waals surface area contributed by atoms with Crippen molar-refractivity contribution in [1.82, 2.24) is 4.57 Å². The molecular weight excluding hydrogens is 210 g/mol. The van der Waals surface area contributed by atoms with Crippen molar-refractivity contribution in [2.24, 2.45) is 0 Å². The van der Waals surface area contributed by atoms with Crippen LogP contribution in [0, 0.1) is 6.92 Å². The van der Waals surface area contributed by atoms with Gasteiger partial charge in [-0.05, 0) is 32.9 Å². The molecule has 0 heterocycles. The lowest BCUT2D eigenvalue weighted by Gasteiger charge is -2.35. The van der Waals surface area contributed by atoms with Gasteiger partial charge < -0.3 is 4.57 Å². The van der Waals surface area contributed by atoms with Gasteiger partial charge in [-0.1, -0.05) is 49.5 Å². The van der Waals surface area contributed by atoms with Crippen molar-refractivity contribution < 1.29 is 0 Å². The maximum atomic E-state index is 2.58. The molecule has 1 unspecified atom stereocenters. The lowest BCUT2D eigenvalue weighted by Crippen LogP contribution is -2.48. The van der Waals surface area contributed by atoms with E-state index in [4.69, 9.17) is 0 Å². The highest BCUT2D eigenvalue weighted by Gasteiger charge is 2.24. The second kappa shape index (κ2) is 5.15. The number of rotatable bonds is 4. The van der Waals surface area contributed by atoms with Crippen LogP contribution in [0.1, 0.15) is 18.1 Å². The van der Waals surface area contributed by atoms with Gasteiger partial charge in [-0.2, -0.15) is 0 Å². The second-order valence-corrected chi connectivity index (χ2v) is 10.9. The highest BCUT2D eigenvalue weighted by atomic mass is 28.3. The van der Waals surface area contributed by atoms with E-state index < -0.39 is 8.24 Å². The first-order valence-electron chi connectivity index (χ1n) is 6.09. The molecule has 16 heavy (non-hydrogen) atoms. The molecule has 1 aromatic rings. The molecule has 0 spiro atoms. The van der Waals surface area contributed by atoms with Gasteiger partial charge in [0.2, 0.25) is 0 Å². The molecule has 0 aromatic heterocycles. The van der Waals surface area contributed by atoms with E-state index in [0.717, 1.165) is 6.42 Å². The van der Waals surface area contributed by atoms with E-state index in [1.807, 2.05) is 0 Å². The zero-order valence-electron chi connectivity index (χ0n) is 11.5. The first-order valence-corrected chi connectivity index (χ1v) is 9.54. The smallest absolute Gasteiger partial charge is 0.119 e. The van der Waals surface area contributed by atoms with Crippen LogP contribution >= 0.6 is 0 Å². The molecule has 0 amide bonds. The lowest BCUT2D eigenvalue weighted by atomic mass is 10.1. The van der Waals surface area contributed by atoms with E-state index in [-0.39, 0.29) is 0 Å². The van der Waals surface area contributed by atoms with Crippen molar-refractivity contribution in [3.8, 4) is 0 Å². The third-order valence-corrected chi connectivity index (χ3v) is 5.93. The molecule has 1 nitrogen and oxygen atoms in total. The van der Waals surface area contributed by atoms with Crippen LogP contribution < -0.4 is 0 Å². The summed E-state index contributed by atoms with van der Waals surface area (Å²) < 4.78 is 2.58. The Morgan fingerprint density at radius 3 is 2.06 bits per heavy atom. The van der Waals surface area contributed by atoms with Crippen LogP contribution in [0.2, 0.25) is 19.6 Å². The maximum Gasteiger partial charge on any atom is 0.119 e. The fraction of sp³-hybridized carbons (Fsp3) is 0.571. The van der Waals surface area contributed by atoms with Crippen LogP contribution in [0.4, 0.5) is 0 Å². The number of hydrogen-bond donors (Lipinski definition) is 0. The van der Waals surface area contributed by atoms with E-state index in [1.54, 1.807) is 0 Å². The fourth-order valence-corrected chi connectivity index (χ4v) is 3.28. The van der Waals surface area contributed by atoms with Crippen molar-refractivity contribution in [2.75, 3.05) is 7.05 Å². The third kappa shape index (κ3) is 3.76. The minimum atomic E-state index is -1.16. The summed E-state index contributed by atoms with van der Waals surface area (Å²) in [7, 11) is 1.11. The summed E-state index contributed by atoms with van der Waals surface area (Å²) in [6.07, 6.45) is 1.15. The highest BCUT2D eigenvalue weighted by Crippen LogP contribution is 2.15. The van der Waals surface area contributed by atoms with Crippen molar-refractivity contribution in [3.63, 3.8) is 0 Å². The average molecular weight is 235 g/mol. The largest absolute Gasteiger partial charge is 0.324 e. The normalized spacial score (nSPS) is 14.2. The fourth-order valence-electron chi connectivity index (χ4n) is 1.86. The molecule has 90 valence electrons. The van der Waals surface area contributed by atoms with Crippen molar-refractivity contribution in [1.29, 1.82) is 0 Å². The summed E-state index contributed by atoms with van der Waals surface area (Å²) in [5, 5.41) is 0. The van der Waals surface area contributed by atoms with Crippen molar-refractivity contribution in [2.45, 2.75) is 46.0 Å². The van der Waals surface area contributed by atoms with Crippen LogP contribution in [0.15, 0.2) is 24.3 Å². The Labute approximate surface area is 102 Å². The predicted molar refractivity (Wildman–Crippen MR) is 75.5 cm³/mol. The summed E-state index contributed by atoms with van der Waals surface area (Å²) in [5.74, 6) is 0. The molecule has 1 rings (SSSR count). The van der Waals surface area contributed by atoms with Crippen molar-refractivity contribution in [3.05, 3.63) is 35.4 Å². The number of hydrogen-bond acceptors (Lipinski definition) is 1. The zero-order chi connectivity index (χ0) is 12.3. The number of aryl methyl sites for hydroxylation is 1. The summed E-state index contributed by atoms with van der Waals surface area (Å²) in [5.41, 5.74) is 2.79. The quantitative estimate of drug-likeness (QED) is 0.719. The molecule has 0 N–H and O–H groups in total. The zero-order valence-corrected chi connectivity index (χ0v) is 12.5. The van der Waals surface area contributed by atoms with Gasteiger partial charge >= 0.3 is 0 Å². The summed E-state index contributed by atoms with van der Waals surface area (Å²) in [4.78, 5) is 0. The Hall–Kier alpha value is -0.603. The van der Waals surface area contributed by atoms with Crippen molar-refractivity contribution >= 4 is 8.24 Å². The van der Waals surface area contributed by atoms with E-state index in [1.165, 1.54) is 11.1 Å². The van der Waals surface area contributed by atoms with Crippen LogP contribution in [0.3, 0.4) is 0 Å². The van der Waals surface area contributed by atoms with Gasteiger partial charge in [0.25, 0.3) is 0 Å². The molecule has 2 heteroatoms. The maximum absolute atomic E-state index is 2.58. The Kier molecular flexibility index (Phi) is 4.33. The molecule has 0 aliphatic rings. The first-order chi connectivity index (χ1) is 7.30. The minimum Gasteiger partial charge on any atom is -0.324 e. The van der Waals surface area contributed by atoms with E-state index in [2.05, 4.69) is 69.4 Å². The third-order valence-electron chi connectivity index (χ3n) is 3.37. The van der Waals surface area contributed by atoms with Crippen LogP contribution in [-0.4, -0.2) is 25.9 Å². The summed E-state index contributed by atoms with van der Waals surface area (Å²) >= 11 is 0. The topological polar surface area (TPSA) is 3.24 Å². The number of benzene rings is 1. The SMILES string of the molecule is Cc1ccc(CC(C)N(C)[Si](C)(C)C)cc1. The molecule has 0 saturated heterocycles. The Morgan fingerprint density at radius 2 is 1.62 bits per heavy atom. The van der Waals surface area contributed by atoms with E-state index >= 15 is 0 Å². The van der Waals surface area contributed by atoms with Crippen LogP contribution in [-0.2, 0) is 6.42 Å². The van der Waals surface area contributed by atoms with Crippen LogP contribution in [0.25, 0.3) is 0 Å². The van der Waals surface area contributed by atoms with Gasteiger partial charge in [0.1, 0.15) is 8.24 Å². The molecule has 1 atom stereocenters. The minimum absolute atomic E-state index is 0.634. The van der Waals surface area contributed by atoms with E-state index in [0.29, 0.717) is 6.04 Å². The van der Waals surface area contributed by atoms with E-state index in [9.17, 15) is 0 Å². The number of nitrogens with zero attached hydrogens (tertiary/aromatic N) is 1. The monoisotopic (exact) mass is 235 g/mol. The Morgan fingerprint density at radius 1 is 1.12 bits per heavy atom. The molecular formula is C14H25NSi. The summed E-state index contributed by atoms with van der Waals surface area (Å²) in [6, 6.07) is 9.55. The predicted octanol–water partition coefficient (Wildman–Crippen LogP) is 3.69. The Balaban J connectivity index is 2.64. The van der Waals surface area contributed by atoms with Gasteiger partial charge in [0.15, 0.2) is 0 Å². The van der Waals surface area contributed by atoms with Crippen LogP contribution in [0.5, 0.6) is 0 Å². The highest BCUT2D eigenvalue weighted by molar-refractivity contribution is 6.73. The molecule has 0 bridgehead atoms. The van der Waals surface area contributed by atoms with Gasteiger partial charge in [-0.3, -0.25) is 0 Å². The molecule has 0 aliphatic heterocycles. The van der Waals surface area contributed by atoms with Gasteiger partial charge in [0, 0.05) is 6.04 Å². The lowest BCUT2D eigenvalue weighted by molar-refractivity contribution is 0.392. The van der Waals surface area contributed by atoms with Gasteiger partial charge in [-0.15, -0.1) is 0 Å². The van der Waals surface area contributed by atoms with Gasteiger partial charge in [0.05, 0.1) is 0 Å². The molecule has 1 aromatic carbocycles. The molecule has 0 fully saturated rings. The molecule has 0 saturated carbocycles. The second-order valence-electron chi connectivity index (χ2n) is 5.82. The first kappa shape index (κ1) is 13.5. The average Bonchev–Trinajstić information content (AvgIpc) is 2.19. The Bertz CT molecular complexity index is 324. The standard InChI is InChI=1S/C14H25NSi/c1-12-7-9-14(10-8-12)11-13(2)15(3)16(4,5)6/h7-10,13H,11H2,1-6H3. The van der Waals surface area contributed by atoms with Gasteiger partial charge in [-0.25, -0.2) is 0 Å². The number of likely N-dealkylation sites (N-methyl/N-ethyl adjacent to an activating group) is 1. The molecule has 0 radical (unpaired) electrons. The summed E-state index contributed by atoms with van der Waals surface area (Å²) in [6.45, 7) is 11.7.